The third-order valence-corrected chi connectivity index (χ3v) is 5.08. The fourth-order valence-electron chi connectivity index (χ4n) is 2.62. The average Bonchev–Trinajstić information content (AvgIpc) is 3.09. The van der Waals surface area contributed by atoms with Gasteiger partial charge in [-0.15, -0.1) is 11.3 Å². The Labute approximate surface area is 146 Å². The fourth-order valence-corrected chi connectivity index (χ4v) is 3.33. The zero-order chi connectivity index (χ0) is 17.7. The topological polar surface area (TPSA) is 78.5 Å². The van der Waals surface area contributed by atoms with Crippen LogP contribution in [-0.2, 0) is 16.0 Å². The second-order valence-corrected chi connectivity index (χ2v) is 7.80. The molecular weight excluding hydrogens is 326 g/mol. The molecule has 1 aliphatic rings. The average molecular weight is 351 g/mol. The monoisotopic (exact) mass is 351 g/mol. The van der Waals surface area contributed by atoms with E-state index >= 15 is 0 Å². The molecule has 1 fully saturated rings. The van der Waals surface area contributed by atoms with Crippen molar-refractivity contribution >= 4 is 29.2 Å². The first-order chi connectivity index (χ1) is 11.3. The zero-order valence-electron chi connectivity index (χ0n) is 14.4. The second-order valence-electron chi connectivity index (χ2n) is 6.77. The van der Waals surface area contributed by atoms with Crippen LogP contribution in [0.25, 0.3) is 0 Å². The number of urea groups is 1. The summed E-state index contributed by atoms with van der Waals surface area (Å²) in [5.74, 6) is -0.189. The Balaban J connectivity index is 1.83. The Morgan fingerprint density at radius 2 is 2.17 bits per heavy atom. The molecule has 2 heterocycles. The number of nitrogens with one attached hydrogen (secondary N) is 2. The van der Waals surface area contributed by atoms with Crippen LogP contribution >= 0.6 is 11.3 Å². The van der Waals surface area contributed by atoms with Crippen molar-refractivity contribution in [3.05, 3.63) is 22.4 Å². The molecule has 2 rings (SSSR count). The van der Waals surface area contributed by atoms with Crippen molar-refractivity contribution in [2.45, 2.75) is 45.6 Å². The minimum Gasteiger partial charge on any atom is -0.354 e. The molecule has 1 aromatic heterocycles. The normalized spacial score (nSPS) is 20.6. The van der Waals surface area contributed by atoms with Gasteiger partial charge in [0.25, 0.3) is 5.91 Å². The number of carbonyl (C=O) groups excluding carboxylic acids is 3. The number of amides is 4. The van der Waals surface area contributed by atoms with Gasteiger partial charge in [0.15, 0.2) is 0 Å². The molecule has 1 aliphatic heterocycles. The van der Waals surface area contributed by atoms with Crippen molar-refractivity contribution in [3.8, 4) is 0 Å². The largest absolute Gasteiger partial charge is 0.354 e. The molecule has 0 saturated carbocycles. The van der Waals surface area contributed by atoms with Gasteiger partial charge >= 0.3 is 6.03 Å². The number of imide groups is 1. The van der Waals surface area contributed by atoms with Gasteiger partial charge in [-0.3, -0.25) is 14.5 Å². The Morgan fingerprint density at radius 1 is 1.42 bits per heavy atom. The molecule has 4 amide bonds. The molecule has 1 unspecified atom stereocenters. The number of carbonyl (C=O) groups is 3. The van der Waals surface area contributed by atoms with E-state index in [0.717, 1.165) is 17.7 Å². The molecule has 1 saturated heterocycles. The summed E-state index contributed by atoms with van der Waals surface area (Å²) in [6, 6.07) is 3.49. The SMILES string of the molecule is CC(C)CCC1(C)NC(=O)N(CC(=O)NCCc2cccs2)C1=O. The minimum absolute atomic E-state index is 0.230. The first-order valence-electron chi connectivity index (χ1n) is 8.25. The molecule has 0 aliphatic carbocycles. The van der Waals surface area contributed by atoms with Crippen LogP contribution in [0, 0.1) is 5.92 Å². The molecule has 24 heavy (non-hydrogen) atoms. The first kappa shape index (κ1) is 18.4. The van der Waals surface area contributed by atoms with E-state index in [2.05, 4.69) is 24.5 Å². The van der Waals surface area contributed by atoms with Crippen LogP contribution in [0.3, 0.4) is 0 Å². The Kier molecular flexibility index (Phi) is 5.99. The van der Waals surface area contributed by atoms with Crippen LogP contribution in [0.1, 0.15) is 38.5 Å². The van der Waals surface area contributed by atoms with E-state index in [9.17, 15) is 14.4 Å². The quantitative estimate of drug-likeness (QED) is 0.705. The lowest BCUT2D eigenvalue weighted by molar-refractivity contribution is -0.134. The Morgan fingerprint density at radius 3 is 2.79 bits per heavy atom. The lowest BCUT2D eigenvalue weighted by atomic mass is 9.92. The van der Waals surface area contributed by atoms with Crippen LogP contribution in [0.4, 0.5) is 4.79 Å². The van der Waals surface area contributed by atoms with Gasteiger partial charge in [-0.25, -0.2) is 4.79 Å². The summed E-state index contributed by atoms with van der Waals surface area (Å²) >= 11 is 1.64. The maximum atomic E-state index is 12.5. The molecule has 0 radical (unpaired) electrons. The lowest BCUT2D eigenvalue weighted by Crippen LogP contribution is -2.45. The van der Waals surface area contributed by atoms with Crippen LogP contribution in [-0.4, -0.2) is 41.4 Å². The summed E-state index contributed by atoms with van der Waals surface area (Å²) in [7, 11) is 0. The third-order valence-electron chi connectivity index (χ3n) is 4.14. The van der Waals surface area contributed by atoms with Crippen molar-refractivity contribution in [2.75, 3.05) is 13.1 Å². The molecule has 2 N–H and O–H groups in total. The highest BCUT2D eigenvalue weighted by atomic mass is 32.1. The predicted molar refractivity (Wildman–Crippen MR) is 93.8 cm³/mol. The van der Waals surface area contributed by atoms with Crippen LogP contribution in [0.15, 0.2) is 17.5 Å². The number of rotatable bonds is 8. The highest BCUT2D eigenvalue weighted by Crippen LogP contribution is 2.24. The summed E-state index contributed by atoms with van der Waals surface area (Å²) in [5, 5.41) is 7.48. The van der Waals surface area contributed by atoms with Crippen molar-refractivity contribution in [2.24, 2.45) is 5.92 Å². The molecule has 7 heteroatoms. The minimum atomic E-state index is -0.904. The van der Waals surface area contributed by atoms with Gasteiger partial charge in [0.05, 0.1) is 0 Å². The van der Waals surface area contributed by atoms with Gasteiger partial charge in [0.2, 0.25) is 5.91 Å². The molecule has 1 aromatic rings. The molecule has 132 valence electrons. The summed E-state index contributed by atoms with van der Waals surface area (Å²) in [4.78, 5) is 38.8. The van der Waals surface area contributed by atoms with Crippen molar-refractivity contribution in [1.82, 2.24) is 15.5 Å². The third kappa shape index (κ3) is 4.56. The van der Waals surface area contributed by atoms with E-state index < -0.39 is 11.6 Å². The molecule has 6 nitrogen and oxygen atoms in total. The molecule has 0 bridgehead atoms. The highest BCUT2D eigenvalue weighted by molar-refractivity contribution is 7.09. The van der Waals surface area contributed by atoms with E-state index in [1.807, 2.05) is 17.5 Å². The zero-order valence-corrected chi connectivity index (χ0v) is 15.2. The highest BCUT2D eigenvalue weighted by Gasteiger charge is 2.47. The fraction of sp³-hybridized carbons (Fsp3) is 0.588. The van der Waals surface area contributed by atoms with Crippen molar-refractivity contribution in [3.63, 3.8) is 0 Å². The van der Waals surface area contributed by atoms with Gasteiger partial charge in [-0.2, -0.15) is 0 Å². The second kappa shape index (κ2) is 7.79. The number of thiophene rings is 1. The summed E-state index contributed by atoms with van der Waals surface area (Å²) in [5.41, 5.74) is -0.904. The molecule has 1 atom stereocenters. The van der Waals surface area contributed by atoms with Gasteiger partial charge < -0.3 is 10.6 Å². The first-order valence-corrected chi connectivity index (χ1v) is 9.13. The van der Waals surface area contributed by atoms with Gasteiger partial charge in [-0.05, 0) is 43.6 Å². The number of hydrogen-bond acceptors (Lipinski definition) is 4. The Bertz CT molecular complexity index is 600. The van der Waals surface area contributed by atoms with E-state index in [1.54, 1.807) is 18.3 Å². The smallest absolute Gasteiger partial charge is 0.325 e. The summed E-state index contributed by atoms with van der Waals surface area (Å²) in [6.45, 7) is 6.14. The number of nitrogens with zero attached hydrogens (tertiary/aromatic N) is 1. The van der Waals surface area contributed by atoms with E-state index in [-0.39, 0.29) is 18.4 Å². The van der Waals surface area contributed by atoms with Crippen LogP contribution in [0.5, 0.6) is 0 Å². The molecule has 0 aromatic carbocycles. The maximum absolute atomic E-state index is 12.5. The van der Waals surface area contributed by atoms with Crippen LogP contribution in [0.2, 0.25) is 0 Å². The summed E-state index contributed by atoms with van der Waals surface area (Å²) in [6.07, 6.45) is 2.16. The van der Waals surface area contributed by atoms with E-state index in [4.69, 9.17) is 0 Å². The van der Waals surface area contributed by atoms with Crippen molar-refractivity contribution < 1.29 is 14.4 Å². The molecule has 0 spiro atoms. The van der Waals surface area contributed by atoms with E-state index in [0.29, 0.717) is 18.9 Å². The van der Waals surface area contributed by atoms with Crippen LogP contribution < -0.4 is 10.6 Å². The standard InChI is InChI=1S/C17H25N3O3S/c1-12(2)6-8-17(3)15(22)20(16(23)19-17)11-14(21)18-9-7-13-5-4-10-24-13/h4-5,10,12H,6-9,11H2,1-3H3,(H,18,21)(H,19,23). The van der Waals surface area contributed by atoms with Gasteiger partial charge in [0.1, 0.15) is 12.1 Å². The van der Waals surface area contributed by atoms with E-state index in [1.165, 1.54) is 4.88 Å². The maximum Gasteiger partial charge on any atom is 0.325 e. The number of hydrogen-bond donors (Lipinski definition) is 2. The summed E-state index contributed by atoms with van der Waals surface area (Å²) < 4.78 is 0. The lowest BCUT2D eigenvalue weighted by Gasteiger charge is -2.22. The molecular formula is C17H25N3O3S. The van der Waals surface area contributed by atoms with Crippen molar-refractivity contribution in [1.29, 1.82) is 0 Å². The Hall–Kier alpha value is -1.89. The van der Waals surface area contributed by atoms with Gasteiger partial charge in [-0.1, -0.05) is 19.9 Å². The predicted octanol–water partition coefficient (Wildman–Crippen LogP) is 2.15. The van der Waals surface area contributed by atoms with Gasteiger partial charge in [0, 0.05) is 11.4 Å².